The van der Waals surface area contributed by atoms with Gasteiger partial charge in [0.2, 0.25) is 11.5 Å². The number of aryl methyl sites for hydroxylation is 2. The second-order valence-corrected chi connectivity index (χ2v) is 7.13. The lowest BCUT2D eigenvalue weighted by atomic mass is 9.70. The number of hydrogen-bond acceptors (Lipinski definition) is 4. The molecule has 0 saturated heterocycles. The first-order chi connectivity index (χ1) is 12.3. The number of alkyl halides is 2. The number of rotatable bonds is 6. The van der Waals surface area contributed by atoms with Crippen molar-refractivity contribution in [3.05, 3.63) is 52.4 Å². The van der Waals surface area contributed by atoms with Crippen LogP contribution in [0.5, 0.6) is 0 Å². The first-order valence-corrected chi connectivity index (χ1v) is 8.77. The number of hydrogen-bond donors (Lipinski definition) is 0. The SMILES string of the molecule is C=C[C@H](CCc1ccc2oc(C)nc2c1)C1([N+](=O)[O-])CCC(F)(F)CC1. The molecule has 0 spiro atoms. The molecule has 3 rings (SSSR count). The molecule has 1 atom stereocenters. The van der Waals surface area contributed by atoms with Crippen molar-refractivity contribution in [2.24, 2.45) is 5.92 Å². The lowest BCUT2D eigenvalue weighted by Gasteiger charge is -2.37. The van der Waals surface area contributed by atoms with Gasteiger partial charge >= 0.3 is 0 Å². The van der Waals surface area contributed by atoms with Gasteiger partial charge in [0.1, 0.15) is 5.52 Å². The Morgan fingerprint density at radius 2 is 2.08 bits per heavy atom. The van der Waals surface area contributed by atoms with E-state index >= 15 is 0 Å². The summed E-state index contributed by atoms with van der Waals surface area (Å²) in [4.78, 5) is 15.7. The van der Waals surface area contributed by atoms with E-state index in [0.717, 1.165) is 11.1 Å². The summed E-state index contributed by atoms with van der Waals surface area (Å²) >= 11 is 0. The molecule has 1 aliphatic rings. The van der Waals surface area contributed by atoms with Crippen LogP contribution in [0.25, 0.3) is 11.1 Å². The minimum Gasteiger partial charge on any atom is -0.441 e. The topological polar surface area (TPSA) is 69.2 Å². The molecule has 26 heavy (non-hydrogen) atoms. The van der Waals surface area contributed by atoms with E-state index in [1.807, 2.05) is 18.2 Å². The maximum Gasteiger partial charge on any atom is 0.248 e. The average molecular weight is 364 g/mol. The quantitative estimate of drug-likeness (QED) is 0.406. The Hall–Kier alpha value is -2.31. The van der Waals surface area contributed by atoms with E-state index in [0.29, 0.717) is 24.3 Å². The van der Waals surface area contributed by atoms with Gasteiger partial charge in [-0.25, -0.2) is 13.8 Å². The van der Waals surface area contributed by atoms with E-state index in [1.54, 1.807) is 13.0 Å². The smallest absolute Gasteiger partial charge is 0.248 e. The van der Waals surface area contributed by atoms with Crippen molar-refractivity contribution in [2.45, 2.75) is 56.9 Å². The molecule has 1 fully saturated rings. The first kappa shape index (κ1) is 18.5. The lowest BCUT2D eigenvalue weighted by Crippen LogP contribution is -2.50. The van der Waals surface area contributed by atoms with Crippen LogP contribution in [-0.4, -0.2) is 21.4 Å². The highest BCUT2D eigenvalue weighted by molar-refractivity contribution is 5.73. The predicted octanol–water partition coefficient (Wildman–Crippen LogP) is 5.10. The maximum absolute atomic E-state index is 13.5. The number of nitrogens with zero attached hydrogens (tertiary/aromatic N) is 2. The normalized spacial score (nSPS) is 20.0. The average Bonchev–Trinajstić information content (AvgIpc) is 2.95. The van der Waals surface area contributed by atoms with Crippen molar-refractivity contribution in [1.82, 2.24) is 4.98 Å². The maximum atomic E-state index is 13.5. The van der Waals surface area contributed by atoms with E-state index in [2.05, 4.69) is 11.6 Å². The molecule has 1 saturated carbocycles. The summed E-state index contributed by atoms with van der Waals surface area (Å²) in [6.45, 7) is 5.52. The number of benzene rings is 1. The minimum absolute atomic E-state index is 0.120. The van der Waals surface area contributed by atoms with Crippen molar-refractivity contribution in [3.63, 3.8) is 0 Å². The zero-order chi connectivity index (χ0) is 18.9. The van der Waals surface area contributed by atoms with Gasteiger partial charge in [-0.05, 0) is 30.5 Å². The van der Waals surface area contributed by atoms with Gasteiger partial charge < -0.3 is 4.42 Å². The Labute approximate surface area is 150 Å². The van der Waals surface area contributed by atoms with Gasteiger partial charge in [0.05, 0.1) is 0 Å². The van der Waals surface area contributed by atoms with Gasteiger partial charge in [0, 0.05) is 43.4 Å². The van der Waals surface area contributed by atoms with Gasteiger partial charge in [-0.15, -0.1) is 6.58 Å². The standard InChI is InChI=1S/C19H22F2N2O3/c1-3-15(18(23(24)25)8-10-19(20,21)11-9-18)6-4-14-5-7-17-16(12-14)22-13(2)26-17/h3,5,7,12,15H,1,4,6,8-11H2,2H3/t15-/m1/s1. The lowest BCUT2D eigenvalue weighted by molar-refractivity contribution is -0.586. The second kappa shape index (κ2) is 6.78. The van der Waals surface area contributed by atoms with Crippen LogP contribution in [0.15, 0.2) is 35.3 Å². The van der Waals surface area contributed by atoms with Gasteiger partial charge in [-0.2, -0.15) is 0 Å². The molecule has 5 nitrogen and oxygen atoms in total. The van der Waals surface area contributed by atoms with Gasteiger partial charge in [-0.3, -0.25) is 10.1 Å². The van der Waals surface area contributed by atoms with E-state index < -0.39 is 30.2 Å². The number of halogens is 2. The summed E-state index contributed by atoms with van der Waals surface area (Å²) in [5.41, 5.74) is 1.08. The number of oxazole rings is 1. The largest absolute Gasteiger partial charge is 0.441 e. The molecule has 2 aromatic rings. The van der Waals surface area contributed by atoms with E-state index in [1.165, 1.54) is 0 Å². The monoisotopic (exact) mass is 364 g/mol. The van der Waals surface area contributed by atoms with Crippen molar-refractivity contribution in [1.29, 1.82) is 0 Å². The number of fused-ring (bicyclic) bond motifs is 1. The van der Waals surface area contributed by atoms with E-state index in [4.69, 9.17) is 4.42 Å². The third-order valence-electron chi connectivity index (χ3n) is 5.49. The van der Waals surface area contributed by atoms with Gasteiger partial charge in [0.25, 0.3) is 0 Å². The molecule has 1 heterocycles. The van der Waals surface area contributed by atoms with E-state index in [-0.39, 0.29) is 17.8 Å². The molecule has 0 radical (unpaired) electrons. The summed E-state index contributed by atoms with van der Waals surface area (Å²) in [5.74, 6) is -2.68. The summed E-state index contributed by atoms with van der Waals surface area (Å²) in [5, 5.41) is 11.8. The third kappa shape index (κ3) is 3.48. The summed E-state index contributed by atoms with van der Waals surface area (Å²) in [6.07, 6.45) is 1.51. The molecular formula is C19H22F2N2O3. The molecule has 7 heteroatoms. The van der Waals surface area contributed by atoms with Crippen LogP contribution >= 0.6 is 0 Å². The Kier molecular flexibility index (Phi) is 4.82. The zero-order valence-corrected chi connectivity index (χ0v) is 14.7. The van der Waals surface area contributed by atoms with Crippen molar-refractivity contribution < 1.29 is 18.1 Å². The molecule has 140 valence electrons. The molecular weight excluding hydrogens is 342 g/mol. The highest BCUT2D eigenvalue weighted by Gasteiger charge is 2.55. The molecule has 0 unspecified atom stereocenters. The molecule has 1 aromatic heterocycles. The van der Waals surface area contributed by atoms with Crippen LogP contribution in [0.2, 0.25) is 0 Å². The fourth-order valence-corrected chi connectivity index (χ4v) is 3.91. The predicted molar refractivity (Wildman–Crippen MR) is 93.9 cm³/mol. The Bertz CT molecular complexity index is 821. The highest BCUT2D eigenvalue weighted by Crippen LogP contribution is 2.45. The fraction of sp³-hybridized carbons (Fsp3) is 0.526. The van der Waals surface area contributed by atoms with Crippen LogP contribution in [0.4, 0.5) is 8.78 Å². The van der Waals surface area contributed by atoms with Crippen LogP contribution in [0.3, 0.4) is 0 Å². The molecule has 0 bridgehead atoms. The molecule has 0 N–H and O–H groups in total. The van der Waals surface area contributed by atoms with Crippen LogP contribution in [0, 0.1) is 23.0 Å². The first-order valence-electron chi connectivity index (χ1n) is 8.77. The van der Waals surface area contributed by atoms with Crippen molar-refractivity contribution in [3.8, 4) is 0 Å². The molecule has 0 amide bonds. The van der Waals surface area contributed by atoms with Crippen LogP contribution in [-0.2, 0) is 6.42 Å². The number of aromatic nitrogens is 1. The van der Waals surface area contributed by atoms with Gasteiger partial charge in [0.15, 0.2) is 11.5 Å². The molecule has 0 aliphatic heterocycles. The summed E-state index contributed by atoms with van der Waals surface area (Å²) in [7, 11) is 0. The summed E-state index contributed by atoms with van der Waals surface area (Å²) in [6, 6.07) is 5.64. The van der Waals surface area contributed by atoms with E-state index in [9.17, 15) is 18.9 Å². The fourth-order valence-electron chi connectivity index (χ4n) is 3.91. The highest BCUT2D eigenvalue weighted by atomic mass is 19.3. The van der Waals surface area contributed by atoms with Crippen LogP contribution < -0.4 is 0 Å². The third-order valence-corrected chi connectivity index (χ3v) is 5.49. The van der Waals surface area contributed by atoms with Crippen molar-refractivity contribution >= 4 is 11.1 Å². The Morgan fingerprint density at radius 1 is 1.38 bits per heavy atom. The van der Waals surface area contributed by atoms with Gasteiger partial charge in [-0.1, -0.05) is 12.1 Å². The molecule has 1 aliphatic carbocycles. The molecule has 1 aromatic carbocycles. The zero-order valence-electron chi connectivity index (χ0n) is 14.7. The number of nitro groups is 1. The van der Waals surface area contributed by atoms with Crippen molar-refractivity contribution in [2.75, 3.05) is 0 Å². The summed E-state index contributed by atoms with van der Waals surface area (Å²) < 4.78 is 32.5. The van der Waals surface area contributed by atoms with Crippen LogP contribution in [0.1, 0.15) is 43.6 Å². The Balaban J connectivity index is 1.76. The minimum atomic E-state index is -2.80. The second-order valence-electron chi connectivity index (χ2n) is 7.13. The Morgan fingerprint density at radius 3 is 2.69 bits per heavy atom.